The molecule has 1 aliphatic carbocycles. The van der Waals surface area contributed by atoms with Gasteiger partial charge < -0.3 is 10.1 Å². The van der Waals surface area contributed by atoms with Crippen LogP contribution in [0.5, 0.6) is 5.75 Å². The highest BCUT2D eigenvalue weighted by Crippen LogP contribution is 2.30. The molecule has 1 heterocycles. The molecule has 2 aromatic carbocycles. The van der Waals surface area contributed by atoms with E-state index in [1.165, 1.54) is 11.3 Å². The van der Waals surface area contributed by atoms with Crippen molar-refractivity contribution in [1.82, 2.24) is 15.1 Å². The van der Waals surface area contributed by atoms with Crippen LogP contribution in [0, 0.1) is 0 Å². The number of amides is 1. The first-order valence-electron chi connectivity index (χ1n) is 10.5. The second-order valence-electron chi connectivity index (χ2n) is 7.45. The van der Waals surface area contributed by atoms with Gasteiger partial charge in [-0.3, -0.25) is 9.48 Å². The zero-order valence-corrected chi connectivity index (χ0v) is 17.3. The molecule has 0 saturated carbocycles. The number of rotatable bonds is 7. The average molecular weight is 402 g/mol. The summed E-state index contributed by atoms with van der Waals surface area (Å²) in [6.45, 7) is 3.30. The highest BCUT2D eigenvalue weighted by atomic mass is 16.5. The first-order chi connectivity index (χ1) is 14.7. The van der Waals surface area contributed by atoms with Crippen molar-refractivity contribution in [3.05, 3.63) is 89.3 Å². The van der Waals surface area contributed by atoms with Crippen LogP contribution in [0.25, 0.3) is 6.08 Å². The number of ether oxygens (including phenoxy) is 1. The highest BCUT2D eigenvalue weighted by molar-refractivity contribution is 5.92. The summed E-state index contributed by atoms with van der Waals surface area (Å²) in [7, 11) is 0. The summed E-state index contributed by atoms with van der Waals surface area (Å²) in [4.78, 5) is 12.6. The lowest BCUT2D eigenvalue weighted by Gasteiger charge is -2.23. The number of nitrogens with one attached hydrogen (secondary N) is 1. The van der Waals surface area contributed by atoms with E-state index in [-0.39, 0.29) is 11.9 Å². The van der Waals surface area contributed by atoms with E-state index in [9.17, 15) is 4.79 Å². The number of fused-ring (bicyclic) bond motifs is 1. The smallest absolute Gasteiger partial charge is 0.244 e. The molecule has 1 aromatic heterocycles. The van der Waals surface area contributed by atoms with Gasteiger partial charge in [-0.15, -0.1) is 0 Å². The third-order valence-corrected chi connectivity index (χ3v) is 5.39. The number of nitrogens with zero attached hydrogens (tertiary/aromatic N) is 2. The third-order valence-electron chi connectivity index (χ3n) is 5.39. The van der Waals surface area contributed by atoms with E-state index >= 15 is 0 Å². The molecule has 0 spiro atoms. The van der Waals surface area contributed by atoms with Crippen molar-refractivity contribution in [3.63, 3.8) is 0 Å². The van der Waals surface area contributed by atoms with Gasteiger partial charge in [0.2, 0.25) is 5.91 Å². The first-order valence-corrected chi connectivity index (χ1v) is 10.5. The lowest BCUT2D eigenvalue weighted by Crippen LogP contribution is -2.29. The van der Waals surface area contributed by atoms with Crippen LogP contribution in [0.4, 0.5) is 0 Å². The van der Waals surface area contributed by atoms with Gasteiger partial charge in [-0.2, -0.15) is 5.10 Å². The molecule has 0 fully saturated rings. The molecule has 5 heteroatoms. The second kappa shape index (κ2) is 9.44. The van der Waals surface area contributed by atoms with Gasteiger partial charge in [0.15, 0.2) is 0 Å². The molecule has 1 atom stereocenters. The molecule has 4 rings (SSSR count). The maximum absolute atomic E-state index is 12.6. The quantitative estimate of drug-likeness (QED) is 0.592. The van der Waals surface area contributed by atoms with Crippen molar-refractivity contribution in [3.8, 4) is 5.75 Å². The largest absolute Gasteiger partial charge is 0.493 e. The van der Waals surface area contributed by atoms with Crippen LogP contribution in [0.3, 0.4) is 0 Å². The standard InChI is InChI=1S/C25H27N3O2/c1-2-30-24-14-7-6-11-20(24)15-16-25(29)27-22-12-8-13-23-21(22)17-26-28(23)18-19-9-4-3-5-10-19/h3-7,9-11,14-17,22H,2,8,12-13,18H2,1H3,(H,27,29)/b16-15+. The van der Waals surface area contributed by atoms with Gasteiger partial charge in [0, 0.05) is 22.9 Å². The molecule has 0 saturated heterocycles. The van der Waals surface area contributed by atoms with Crippen molar-refractivity contribution >= 4 is 12.0 Å². The molecule has 0 radical (unpaired) electrons. The van der Waals surface area contributed by atoms with Crippen LogP contribution in [-0.2, 0) is 17.8 Å². The molecule has 1 N–H and O–H groups in total. The summed E-state index contributed by atoms with van der Waals surface area (Å²) in [6.07, 6.45) is 8.26. The fourth-order valence-corrected chi connectivity index (χ4v) is 3.95. The predicted molar refractivity (Wildman–Crippen MR) is 118 cm³/mol. The number of carbonyl (C=O) groups is 1. The number of benzene rings is 2. The van der Waals surface area contributed by atoms with Gasteiger partial charge in [0.05, 0.1) is 25.4 Å². The molecule has 30 heavy (non-hydrogen) atoms. The summed E-state index contributed by atoms with van der Waals surface area (Å²) in [5.41, 5.74) is 4.48. The molecule has 1 amide bonds. The van der Waals surface area contributed by atoms with Gasteiger partial charge in [-0.05, 0) is 43.9 Å². The fraction of sp³-hybridized carbons (Fsp3) is 0.280. The number of hydrogen-bond donors (Lipinski definition) is 1. The topological polar surface area (TPSA) is 56.1 Å². The molecular formula is C25H27N3O2. The molecule has 5 nitrogen and oxygen atoms in total. The van der Waals surface area contributed by atoms with Crippen molar-refractivity contribution in [2.24, 2.45) is 0 Å². The Morgan fingerprint density at radius 1 is 1.20 bits per heavy atom. The monoisotopic (exact) mass is 401 g/mol. The second-order valence-corrected chi connectivity index (χ2v) is 7.45. The summed E-state index contributed by atoms with van der Waals surface area (Å²) in [5, 5.41) is 7.76. The fourth-order valence-electron chi connectivity index (χ4n) is 3.95. The van der Waals surface area contributed by atoms with Crippen LogP contribution in [0.2, 0.25) is 0 Å². The van der Waals surface area contributed by atoms with E-state index in [4.69, 9.17) is 4.74 Å². The van der Waals surface area contributed by atoms with Gasteiger partial charge in [0.1, 0.15) is 5.75 Å². The summed E-state index contributed by atoms with van der Waals surface area (Å²) in [5.74, 6) is 0.682. The predicted octanol–water partition coefficient (Wildman–Crippen LogP) is 4.54. The molecule has 1 unspecified atom stereocenters. The molecule has 0 bridgehead atoms. The Bertz CT molecular complexity index is 1020. The van der Waals surface area contributed by atoms with Crippen molar-refractivity contribution in [2.75, 3.05) is 6.61 Å². The first kappa shape index (κ1) is 20.0. The Kier molecular flexibility index (Phi) is 6.28. The van der Waals surface area contributed by atoms with E-state index in [0.717, 1.165) is 42.7 Å². The number of hydrogen-bond acceptors (Lipinski definition) is 3. The molecule has 3 aromatic rings. The zero-order chi connectivity index (χ0) is 20.8. The Morgan fingerprint density at radius 2 is 2.00 bits per heavy atom. The van der Waals surface area contributed by atoms with Crippen molar-refractivity contribution in [1.29, 1.82) is 0 Å². The van der Waals surface area contributed by atoms with Crippen LogP contribution in [0.1, 0.15) is 48.2 Å². The summed E-state index contributed by atoms with van der Waals surface area (Å²) >= 11 is 0. The molecule has 0 aliphatic heterocycles. The zero-order valence-electron chi connectivity index (χ0n) is 17.3. The Hall–Kier alpha value is -3.34. The van der Waals surface area contributed by atoms with Gasteiger partial charge in [-0.25, -0.2) is 0 Å². The number of para-hydroxylation sites is 1. The van der Waals surface area contributed by atoms with Gasteiger partial charge >= 0.3 is 0 Å². The van der Waals surface area contributed by atoms with Crippen LogP contribution >= 0.6 is 0 Å². The average Bonchev–Trinajstić information content (AvgIpc) is 3.18. The van der Waals surface area contributed by atoms with Crippen LogP contribution < -0.4 is 10.1 Å². The Labute approximate surface area is 177 Å². The molecule has 154 valence electrons. The van der Waals surface area contributed by atoms with E-state index < -0.39 is 0 Å². The van der Waals surface area contributed by atoms with E-state index in [0.29, 0.717) is 6.61 Å². The summed E-state index contributed by atoms with van der Waals surface area (Å²) < 4.78 is 7.69. The summed E-state index contributed by atoms with van der Waals surface area (Å²) in [6, 6.07) is 18.1. The minimum absolute atomic E-state index is 0.00226. The minimum atomic E-state index is -0.102. The molecule has 1 aliphatic rings. The molecular weight excluding hydrogens is 374 g/mol. The number of aromatic nitrogens is 2. The maximum atomic E-state index is 12.6. The normalized spacial score (nSPS) is 15.7. The van der Waals surface area contributed by atoms with E-state index in [1.54, 1.807) is 6.08 Å². The van der Waals surface area contributed by atoms with Gasteiger partial charge in [0.25, 0.3) is 0 Å². The number of carbonyl (C=O) groups excluding carboxylic acids is 1. The van der Waals surface area contributed by atoms with Crippen LogP contribution in [-0.4, -0.2) is 22.3 Å². The maximum Gasteiger partial charge on any atom is 0.244 e. The van der Waals surface area contributed by atoms with Crippen molar-refractivity contribution < 1.29 is 9.53 Å². The minimum Gasteiger partial charge on any atom is -0.493 e. The van der Waals surface area contributed by atoms with Crippen LogP contribution in [0.15, 0.2) is 66.9 Å². The lowest BCUT2D eigenvalue weighted by molar-refractivity contribution is -0.117. The lowest BCUT2D eigenvalue weighted by atomic mass is 9.93. The highest BCUT2D eigenvalue weighted by Gasteiger charge is 2.25. The van der Waals surface area contributed by atoms with E-state index in [1.807, 2.05) is 61.7 Å². The van der Waals surface area contributed by atoms with Gasteiger partial charge in [-0.1, -0.05) is 48.5 Å². The Balaban J connectivity index is 1.45. The van der Waals surface area contributed by atoms with Crippen molar-refractivity contribution in [2.45, 2.75) is 38.8 Å². The Morgan fingerprint density at radius 3 is 2.83 bits per heavy atom. The SMILES string of the molecule is CCOc1ccccc1/C=C/C(=O)NC1CCCc2c1cnn2Cc1ccccc1. The third kappa shape index (κ3) is 4.62. The van der Waals surface area contributed by atoms with E-state index in [2.05, 4.69) is 27.2 Å².